The van der Waals surface area contributed by atoms with Gasteiger partial charge >= 0.3 is 6.03 Å². The molecular weight excluding hydrogens is 422 g/mol. The fourth-order valence-corrected chi connectivity index (χ4v) is 5.19. The van der Waals surface area contributed by atoms with Crippen molar-refractivity contribution in [1.29, 1.82) is 0 Å². The van der Waals surface area contributed by atoms with Crippen molar-refractivity contribution in [3.8, 4) is 5.75 Å². The number of urea groups is 1. The molecule has 8 heteroatoms. The lowest BCUT2D eigenvalue weighted by Crippen LogP contribution is -2.54. The number of carbonyl (C=O) groups excluding carboxylic acids is 3. The van der Waals surface area contributed by atoms with E-state index in [-0.39, 0.29) is 11.8 Å². The van der Waals surface area contributed by atoms with Crippen molar-refractivity contribution >= 4 is 45.5 Å². The minimum absolute atomic E-state index is 0.0264. The fourth-order valence-electron chi connectivity index (χ4n) is 5.19. The molecule has 0 radical (unpaired) electrons. The minimum Gasteiger partial charge on any atom is -0.495 e. The molecule has 1 saturated carbocycles. The van der Waals surface area contributed by atoms with Crippen molar-refractivity contribution in [2.75, 3.05) is 12.4 Å². The predicted octanol–water partition coefficient (Wildman–Crippen LogP) is 4.42. The first-order valence-electron chi connectivity index (χ1n) is 11.3. The molecule has 4 amide bonds. The van der Waals surface area contributed by atoms with Gasteiger partial charge in [-0.1, -0.05) is 38.0 Å². The molecule has 2 aliphatic rings. The molecule has 3 atom stereocenters. The molecule has 172 valence electrons. The van der Waals surface area contributed by atoms with Crippen LogP contribution in [0.5, 0.6) is 5.75 Å². The number of benzene rings is 2. The number of ether oxygens (including phenoxy) is 1. The van der Waals surface area contributed by atoms with Gasteiger partial charge in [0.05, 0.1) is 12.8 Å². The number of fused-ring (bicyclic) bond motifs is 3. The lowest BCUT2D eigenvalue weighted by Gasteiger charge is -2.37. The summed E-state index contributed by atoms with van der Waals surface area (Å²) in [5, 5.41) is 7.54. The SMILES string of the molecule is COc1cc2c(cc1NC(=O)C(C)N1C(=O)NC3(CCCCC3C)C1=O)oc1ccccc12. The van der Waals surface area contributed by atoms with Crippen LogP contribution in [0.2, 0.25) is 0 Å². The number of nitrogens with one attached hydrogen (secondary N) is 2. The molecule has 1 aromatic heterocycles. The molecule has 2 N–H and O–H groups in total. The van der Waals surface area contributed by atoms with Crippen molar-refractivity contribution in [2.24, 2.45) is 5.92 Å². The molecule has 1 aliphatic heterocycles. The number of amides is 4. The lowest BCUT2D eigenvalue weighted by molar-refractivity contribution is -0.138. The van der Waals surface area contributed by atoms with Crippen LogP contribution in [-0.4, -0.2) is 41.4 Å². The first kappa shape index (κ1) is 21.3. The maximum absolute atomic E-state index is 13.3. The van der Waals surface area contributed by atoms with Crippen molar-refractivity contribution < 1.29 is 23.5 Å². The third kappa shape index (κ3) is 3.23. The smallest absolute Gasteiger partial charge is 0.325 e. The predicted molar refractivity (Wildman–Crippen MR) is 124 cm³/mol. The average molecular weight is 450 g/mol. The summed E-state index contributed by atoms with van der Waals surface area (Å²) in [6.07, 6.45) is 3.38. The molecule has 2 heterocycles. The summed E-state index contributed by atoms with van der Waals surface area (Å²) >= 11 is 0. The molecule has 3 unspecified atom stereocenters. The number of rotatable bonds is 4. The van der Waals surface area contributed by atoms with Gasteiger partial charge in [-0.05, 0) is 37.8 Å². The molecule has 2 aromatic carbocycles. The Morgan fingerprint density at radius 1 is 1.21 bits per heavy atom. The Bertz CT molecular complexity index is 1280. The van der Waals surface area contributed by atoms with Gasteiger partial charge in [0, 0.05) is 16.8 Å². The number of hydrogen-bond donors (Lipinski definition) is 2. The van der Waals surface area contributed by atoms with E-state index in [0.717, 1.165) is 40.5 Å². The van der Waals surface area contributed by atoms with Crippen LogP contribution < -0.4 is 15.4 Å². The van der Waals surface area contributed by atoms with Crippen molar-refractivity contribution in [3.63, 3.8) is 0 Å². The maximum atomic E-state index is 13.3. The van der Waals surface area contributed by atoms with Gasteiger partial charge in [-0.2, -0.15) is 0 Å². The van der Waals surface area contributed by atoms with E-state index in [1.54, 1.807) is 13.0 Å². The molecule has 3 aromatic rings. The third-order valence-corrected chi connectivity index (χ3v) is 7.17. The van der Waals surface area contributed by atoms with Crippen LogP contribution in [0.3, 0.4) is 0 Å². The van der Waals surface area contributed by atoms with Gasteiger partial charge < -0.3 is 19.8 Å². The Balaban J connectivity index is 1.42. The van der Waals surface area contributed by atoms with Gasteiger partial charge in [0.2, 0.25) is 5.91 Å². The monoisotopic (exact) mass is 449 g/mol. The number of para-hydroxylation sites is 1. The minimum atomic E-state index is -0.984. The van der Waals surface area contributed by atoms with Gasteiger partial charge in [-0.15, -0.1) is 0 Å². The summed E-state index contributed by atoms with van der Waals surface area (Å²) < 4.78 is 11.4. The zero-order valence-electron chi connectivity index (χ0n) is 18.9. The average Bonchev–Trinajstić information content (AvgIpc) is 3.28. The first-order chi connectivity index (χ1) is 15.9. The highest BCUT2D eigenvalue weighted by Gasteiger charge is 2.56. The van der Waals surface area contributed by atoms with Crippen LogP contribution in [-0.2, 0) is 9.59 Å². The molecule has 2 fully saturated rings. The molecule has 0 bridgehead atoms. The van der Waals surface area contributed by atoms with E-state index in [0.29, 0.717) is 23.4 Å². The van der Waals surface area contributed by atoms with Crippen molar-refractivity contribution in [2.45, 2.75) is 51.1 Å². The van der Waals surface area contributed by atoms with E-state index < -0.39 is 23.5 Å². The number of methoxy groups -OCH3 is 1. The maximum Gasteiger partial charge on any atom is 0.325 e. The Labute approximate surface area is 191 Å². The highest BCUT2D eigenvalue weighted by Crippen LogP contribution is 2.39. The van der Waals surface area contributed by atoms with Crippen LogP contribution >= 0.6 is 0 Å². The second kappa shape index (κ2) is 7.79. The lowest BCUT2D eigenvalue weighted by atomic mass is 9.73. The summed E-state index contributed by atoms with van der Waals surface area (Å²) in [7, 11) is 1.52. The normalized spacial score (nSPS) is 23.8. The summed E-state index contributed by atoms with van der Waals surface area (Å²) in [6.45, 7) is 3.55. The summed E-state index contributed by atoms with van der Waals surface area (Å²) in [5.74, 6) is -0.308. The Morgan fingerprint density at radius 3 is 2.76 bits per heavy atom. The van der Waals surface area contributed by atoms with E-state index in [2.05, 4.69) is 10.6 Å². The van der Waals surface area contributed by atoms with Gasteiger partial charge in [0.1, 0.15) is 28.5 Å². The standard InChI is InChI=1S/C25H27N3O5/c1-14-8-6-7-11-25(14)23(30)28(24(31)27-25)15(2)22(29)26-18-13-20-17(12-21(18)32-3)16-9-4-5-10-19(16)33-20/h4-5,9-10,12-15H,6-8,11H2,1-3H3,(H,26,29)(H,27,31). The summed E-state index contributed by atoms with van der Waals surface area (Å²) in [4.78, 5) is 40.3. The van der Waals surface area contributed by atoms with Crippen molar-refractivity contribution in [3.05, 3.63) is 36.4 Å². The molecule has 1 aliphatic carbocycles. The quantitative estimate of drug-likeness (QED) is 0.574. The van der Waals surface area contributed by atoms with Crippen LogP contribution in [0.1, 0.15) is 39.5 Å². The van der Waals surface area contributed by atoms with Gasteiger partial charge in [0.25, 0.3) is 5.91 Å². The van der Waals surface area contributed by atoms with Crippen LogP contribution in [0, 0.1) is 5.92 Å². The number of hydrogen-bond acceptors (Lipinski definition) is 5. The van der Waals surface area contributed by atoms with Gasteiger partial charge in [-0.3, -0.25) is 9.59 Å². The zero-order valence-corrected chi connectivity index (χ0v) is 18.9. The van der Waals surface area contributed by atoms with E-state index >= 15 is 0 Å². The second-order valence-corrected chi connectivity index (χ2v) is 9.04. The Kier molecular flexibility index (Phi) is 5.03. The van der Waals surface area contributed by atoms with E-state index in [9.17, 15) is 14.4 Å². The molecule has 1 saturated heterocycles. The molecule has 33 heavy (non-hydrogen) atoms. The fraction of sp³-hybridized carbons (Fsp3) is 0.400. The molecular formula is C25H27N3O5. The van der Waals surface area contributed by atoms with Gasteiger partial charge in [-0.25, -0.2) is 9.69 Å². The van der Waals surface area contributed by atoms with E-state index in [1.807, 2.05) is 37.3 Å². The van der Waals surface area contributed by atoms with Crippen LogP contribution in [0.15, 0.2) is 40.8 Å². The highest BCUT2D eigenvalue weighted by molar-refractivity contribution is 6.12. The topological polar surface area (TPSA) is 101 Å². The zero-order chi connectivity index (χ0) is 23.3. The second-order valence-electron chi connectivity index (χ2n) is 9.04. The number of imide groups is 1. The Hall–Kier alpha value is -3.55. The number of nitrogens with zero attached hydrogens (tertiary/aromatic N) is 1. The van der Waals surface area contributed by atoms with Crippen LogP contribution in [0.25, 0.3) is 21.9 Å². The molecule has 1 spiro atoms. The van der Waals surface area contributed by atoms with E-state index in [1.165, 1.54) is 7.11 Å². The van der Waals surface area contributed by atoms with Crippen LogP contribution in [0.4, 0.5) is 10.5 Å². The Morgan fingerprint density at radius 2 is 2.00 bits per heavy atom. The summed E-state index contributed by atoms with van der Waals surface area (Å²) in [6, 6.07) is 9.67. The van der Waals surface area contributed by atoms with Crippen molar-refractivity contribution in [1.82, 2.24) is 10.2 Å². The third-order valence-electron chi connectivity index (χ3n) is 7.17. The van der Waals surface area contributed by atoms with Gasteiger partial charge in [0.15, 0.2) is 0 Å². The largest absolute Gasteiger partial charge is 0.495 e. The highest BCUT2D eigenvalue weighted by atomic mass is 16.5. The number of anilines is 1. The number of furan rings is 1. The molecule has 5 rings (SSSR count). The first-order valence-corrected chi connectivity index (χ1v) is 11.3. The number of carbonyl (C=O) groups is 3. The molecule has 8 nitrogen and oxygen atoms in total. The summed E-state index contributed by atoms with van der Waals surface area (Å²) in [5.41, 5.74) is 0.839. The van der Waals surface area contributed by atoms with E-state index in [4.69, 9.17) is 9.15 Å².